The largest absolute Gasteiger partial charge is 0.411 e. The fourth-order valence-electron chi connectivity index (χ4n) is 0.0471. The van der Waals surface area contributed by atoms with Crippen molar-refractivity contribution >= 4 is 6.21 Å². The Bertz CT molecular complexity index is 34.6. The van der Waals surface area contributed by atoms with Crippen LogP contribution in [0.5, 0.6) is 0 Å². The second-order valence-corrected chi connectivity index (χ2v) is 0.534. The third-order valence-electron chi connectivity index (χ3n) is 0.187. The Labute approximate surface area is 30.1 Å². The van der Waals surface area contributed by atoms with Gasteiger partial charge in [0.1, 0.15) is 0 Å². The van der Waals surface area contributed by atoms with Crippen molar-refractivity contribution in [1.29, 1.82) is 0 Å². The summed E-state index contributed by atoms with van der Waals surface area (Å²) in [5, 5.41) is 10.2. The molecule has 0 fully saturated rings. The highest BCUT2D eigenvalue weighted by atomic mass is 16.4. The van der Waals surface area contributed by atoms with Crippen molar-refractivity contribution in [1.82, 2.24) is 0 Å². The highest BCUT2D eigenvalue weighted by molar-refractivity contribution is 5.57. The molecule has 30 valence electrons. The van der Waals surface area contributed by atoms with Gasteiger partial charge in [-0.3, -0.25) is 0 Å². The summed E-state index contributed by atoms with van der Waals surface area (Å²) in [6.45, 7) is 0.302. The van der Waals surface area contributed by atoms with E-state index in [1.807, 2.05) is 0 Å². The zero-order valence-electron chi connectivity index (χ0n) is 2.76. The van der Waals surface area contributed by atoms with Gasteiger partial charge in [-0.15, -0.1) is 5.16 Å². The fourth-order valence-corrected chi connectivity index (χ4v) is 0.0471. The molecule has 0 saturated heterocycles. The molecule has 0 aliphatic carbocycles. The standard InChI is InChI=1S/C2H6N2O/c3-1-2-4-5/h2,5H,1,3H2. The van der Waals surface area contributed by atoms with Crippen molar-refractivity contribution in [2.24, 2.45) is 10.9 Å². The molecule has 0 aromatic heterocycles. The molecule has 0 saturated carbocycles. The summed E-state index contributed by atoms with van der Waals surface area (Å²) < 4.78 is 0. The zero-order chi connectivity index (χ0) is 4.12. The van der Waals surface area contributed by atoms with Gasteiger partial charge in [-0.1, -0.05) is 0 Å². The second kappa shape index (κ2) is 3.43. The van der Waals surface area contributed by atoms with Crippen LogP contribution >= 0.6 is 0 Å². The Balaban J connectivity index is 2.62. The Morgan fingerprint density at radius 3 is 2.60 bits per heavy atom. The third-order valence-corrected chi connectivity index (χ3v) is 0.187. The Morgan fingerprint density at radius 1 is 2.00 bits per heavy atom. The highest BCUT2D eigenvalue weighted by Gasteiger charge is 1.54. The molecule has 0 unspecified atom stereocenters. The van der Waals surface area contributed by atoms with Crippen molar-refractivity contribution < 1.29 is 5.21 Å². The zero-order valence-corrected chi connectivity index (χ0v) is 2.76. The van der Waals surface area contributed by atoms with Gasteiger partial charge >= 0.3 is 0 Å². The van der Waals surface area contributed by atoms with E-state index in [0.29, 0.717) is 6.54 Å². The molecule has 0 radical (unpaired) electrons. The van der Waals surface area contributed by atoms with E-state index in [1.54, 1.807) is 0 Å². The smallest absolute Gasteiger partial charge is 0.0571 e. The Hall–Kier alpha value is -0.570. The van der Waals surface area contributed by atoms with E-state index in [1.165, 1.54) is 6.21 Å². The summed E-state index contributed by atoms with van der Waals surface area (Å²) in [6.07, 6.45) is 1.21. The van der Waals surface area contributed by atoms with E-state index in [2.05, 4.69) is 5.16 Å². The van der Waals surface area contributed by atoms with Gasteiger partial charge in [0.05, 0.1) is 6.21 Å². The van der Waals surface area contributed by atoms with Crippen LogP contribution in [0.4, 0.5) is 0 Å². The summed E-state index contributed by atoms with van der Waals surface area (Å²) in [5.41, 5.74) is 4.83. The van der Waals surface area contributed by atoms with Gasteiger partial charge < -0.3 is 10.9 Å². The summed E-state index contributed by atoms with van der Waals surface area (Å²) in [4.78, 5) is 0. The molecular formula is C2H6N2O. The van der Waals surface area contributed by atoms with Gasteiger partial charge in [-0.05, 0) is 0 Å². The van der Waals surface area contributed by atoms with E-state index in [4.69, 9.17) is 10.9 Å². The topological polar surface area (TPSA) is 58.6 Å². The predicted octanol–water partition coefficient (Wildman–Crippen LogP) is -0.595. The summed E-state index contributed by atoms with van der Waals surface area (Å²) >= 11 is 0. The molecule has 0 aromatic rings. The summed E-state index contributed by atoms with van der Waals surface area (Å²) in [6, 6.07) is 0. The number of hydrogen-bond donors (Lipinski definition) is 2. The van der Waals surface area contributed by atoms with E-state index in [0.717, 1.165) is 0 Å². The molecule has 3 N–H and O–H groups in total. The lowest BCUT2D eigenvalue weighted by atomic mass is 10.8. The highest BCUT2D eigenvalue weighted by Crippen LogP contribution is 1.39. The van der Waals surface area contributed by atoms with Crippen molar-refractivity contribution in [2.75, 3.05) is 6.54 Å². The van der Waals surface area contributed by atoms with Gasteiger partial charge in [0.25, 0.3) is 0 Å². The van der Waals surface area contributed by atoms with Crippen molar-refractivity contribution in [2.45, 2.75) is 0 Å². The van der Waals surface area contributed by atoms with Crippen molar-refractivity contribution in [3.63, 3.8) is 0 Å². The SMILES string of the molecule is NCC=NO. The number of hydrogen-bond acceptors (Lipinski definition) is 3. The lowest BCUT2D eigenvalue weighted by Gasteiger charge is -1.66. The molecular weight excluding hydrogens is 68.0 g/mol. The van der Waals surface area contributed by atoms with Gasteiger partial charge in [-0.2, -0.15) is 0 Å². The minimum Gasteiger partial charge on any atom is -0.411 e. The maximum atomic E-state index is 7.56. The van der Waals surface area contributed by atoms with Crippen LogP contribution in [-0.2, 0) is 0 Å². The first-order chi connectivity index (χ1) is 2.41. The van der Waals surface area contributed by atoms with Crippen LogP contribution in [0, 0.1) is 0 Å². The maximum Gasteiger partial charge on any atom is 0.0571 e. The van der Waals surface area contributed by atoms with E-state index in [9.17, 15) is 0 Å². The van der Waals surface area contributed by atoms with Crippen LogP contribution in [0.25, 0.3) is 0 Å². The monoisotopic (exact) mass is 74.0 g/mol. The van der Waals surface area contributed by atoms with Crippen LogP contribution in [0.1, 0.15) is 0 Å². The molecule has 5 heavy (non-hydrogen) atoms. The lowest BCUT2D eigenvalue weighted by molar-refractivity contribution is 0.321. The minimum atomic E-state index is 0.302. The van der Waals surface area contributed by atoms with Gasteiger partial charge in [0.15, 0.2) is 0 Å². The molecule has 0 bridgehead atoms. The molecule has 0 spiro atoms. The molecule has 0 aliphatic rings. The first-order valence-corrected chi connectivity index (χ1v) is 1.27. The van der Waals surface area contributed by atoms with Crippen LogP contribution in [0.15, 0.2) is 5.16 Å². The summed E-state index contributed by atoms with van der Waals surface area (Å²) in [7, 11) is 0. The number of oxime groups is 1. The fraction of sp³-hybridized carbons (Fsp3) is 0.500. The van der Waals surface area contributed by atoms with Crippen LogP contribution in [0.3, 0.4) is 0 Å². The predicted molar refractivity (Wildman–Crippen MR) is 19.3 cm³/mol. The normalized spacial score (nSPS) is 9.80. The molecule has 0 aromatic carbocycles. The Morgan fingerprint density at radius 2 is 2.60 bits per heavy atom. The van der Waals surface area contributed by atoms with Crippen LogP contribution < -0.4 is 5.73 Å². The first kappa shape index (κ1) is 4.43. The van der Waals surface area contributed by atoms with Gasteiger partial charge in [0.2, 0.25) is 0 Å². The minimum absolute atomic E-state index is 0.302. The van der Waals surface area contributed by atoms with Gasteiger partial charge in [0, 0.05) is 6.54 Å². The lowest BCUT2D eigenvalue weighted by Crippen LogP contribution is -1.97. The molecule has 0 aliphatic heterocycles. The van der Waals surface area contributed by atoms with Crippen LogP contribution in [-0.4, -0.2) is 18.0 Å². The van der Waals surface area contributed by atoms with Gasteiger partial charge in [-0.25, -0.2) is 0 Å². The number of nitrogens with two attached hydrogens (primary N) is 1. The van der Waals surface area contributed by atoms with Crippen molar-refractivity contribution in [3.05, 3.63) is 0 Å². The van der Waals surface area contributed by atoms with E-state index < -0.39 is 0 Å². The first-order valence-electron chi connectivity index (χ1n) is 1.27. The molecule has 0 atom stereocenters. The quantitative estimate of drug-likeness (QED) is 0.248. The molecule has 3 heteroatoms. The third kappa shape index (κ3) is 3.43. The van der Waals surface area contributed by atoms with E-state index >= 15 is 0 Å². The number of nitrogens with zero attached hydrogens (tertiary/aromatic N) is 1. The molecule has 0 amide bonds. The molecule has 0 heterocycles. The average Bonchev–Trinajstić information content (AvgIpc) is 1.41. The average molecular weight is 74.1 g/mol. The summed E-state index contributed by atoms with van der Waals surface area (Å²) in [5.74, 6) is 0. The van der Waals surface area contributed by atoms with Crippen LogP contribution in [0.2, 0.25) is 0 Å². The maximum absolute atomic E-state index is 7.56. The number of rotatable bonds is 1. The molecule has 3 nitrogen and oxygen atoms in total. The Kier molecular flexibility index (Phi) is 3.04. The van der Waals surface area contributed by atoms with E-state index in [-0.39, 0.29) is 0 Å². The van der Waals surface area contributed by atoms with Crippen molar-refractivity contribution in [3.8, 4) is 0 Å². The molecule has 0 rings (SSSR count). The second-order valence-electron chi connectivity index (χ2n) is 0.534.